The summed E-state index contributed by atoms with van der Waals surface area (Å²) in [5.74, 6) is -0.106. The van der Waals surface area contributed by atoms with Crippen LogP contribution in [0.4, 0.5) is 0 Å². The number of nitrogens with one attached hydrogen (secondary N) is 2. The Balaban J connectivity index is 0.00000264. The molecule has 1 aliphatic heterocycles. The third-order valence-corrected chi connectivity index (χ3v) is 4.86. The Kier molecular flexibility index (Phi) is 8.34. The first-order valence-electron chi connectivity index (χ1n) is 7.77. The minimum Gasteiger partial charge on any atom is -0.384 e. The maximum Gasteiger partial charge on any atom is 0.225 e. The van der Waals surface area contributed by atoms with Gasteiger partial charge in [-0.2, -0.15) is 0 Å². The fourth-order valence-electron chi connectivity index (χ4n) is 3.44. The van der Waals surface area contributed by atoms with Gasteiger partial charge in [0.15, 0.2) is 0 Å². The molecular weight excluding hydrogens is 335 g/mol. The van der Waals surface area contributed by atoms with Gasteiger partial charge in [-0.1, -0.05) is 23.7 Å². The van der Waals surface area contributed by atoms with Gasteiger partial charge in [0.05, 0.1) is 12.5 Å². The standard InChI is InChI=1S/C17H25ClN2O2.ClH/c1-19-16(21)15(11-22-2)17(8-3-9-20-12-17)10-13-4-6-14(18)7-5-13;/h4-7,15,20H,3,8-12H2,1-2H3,(H,19,21);1H/t15?,17-;/m0./s1. The summed E-state index contributed by atoms with van der Waals surface area (Å²) in [7, 11) is 3.35. The monoisotopic (exact) mass is 360 g/mol. The Morgan fingerprint density at radius 1 is 1.43 bits per heavy atom. The van der Waals surface area contributed by atoms with Gasteiger partial charge < -0.3 is 15.4 Å². The van der Waals surface area contributed by atoms with Crippen molar-refractivity contribution in [1.29, 1.82) is 0 Å². The predicted molar refractivity (Wildman–Crippen MR) is 96.4 cm³/mol. The normalized spacial score (nSPS) is 22.0. The minimum atomic E-state index is -0.161. The number of amides is 1. The minimum absolute atomic E-state index is 0. The lowest BCUT2D eigenvalue weighted by molar-refractivity contribution is -0.132. The van der Waals surface area contributed by atoms with Crippen molar-refractivity contribution in [3.05, 3.63) is 34.9 Å². The quantitative estimate of drug-likeness (QED) is 0.819. The van der Waals surface area contributed by atoms with Crippen molar-refractivity contribution in [3.63, 3.8) is 0 Å². The van der Waals surface area contributed by atoms with Crippen molar-refractivity contribution in [1.82, 2.24) is 10.6 Å². The van der Waals surface area contributed by atoms with Crippen molar-refractivity contribution >= 4 is 29.9 Å². The molecule has 2 rings (SSSR count). The summed E-state index contributed by atoms with van der Waals surface area (Å²) in [4.78, 5) is 12.4. The van der Waals surface area contributed by atoms with Crippen LogP contribution >= 0.6 is 24.0 Å². The molecule has 1 unspecified atom stereocenters. The van der Waals surface area contributed by atoms with E-state index >= 15 is 0 Å². The summed E-state index contributed by atoms with van der Waals surface area (Å²) in [6.45, 7) is 2.28. The fraction of sp³-hybridized carbons (Fsp3) is 0.588. The Morgan fingerprint density at radius 2 is 2.13 bits per heavy atom. The van der Waals surface area contributed by atoms with E-state index in [0.29, 0.717) is 6.61 Å². The highest BCUT2D eigenvalue weighted by Crippen LogP contribution is 2.39. The highest BCUT2D eigenvalue weighted by Gasteiger charge is 2.43. The van der Waals surface area contributed by atoms with E-state index in [2.05, 4.69) is 10.6 Å². The number of piperidine rings is 1. The molecule has 1 heterocycles. The number of carbonyl (C=O) groups excluding carboxylic acids is 1. The molecule has 1 fully saturated rings. The molecule has 130 valence electrons. The third kappa shape index (κ3) is 5.08. The fourth-order valence-corrected chi connectivity index (χ4v) is 3.57. The average molecular weight is 361 g/mol. The molecule has 23 heavy (non-hydrogen) atoms. The number of hydrogen-bond acceptors (Lipinski definition) is 3. The number of halogens is 2. The number of benzene rings is 1. The summed E-state index contributed by atoms with van der Waals surface area (Å²) < 4.78 is 5.35. The topological polar surface area (TPSA) is 50.4 Å². The van der Waals surface area contributed by atoms with Crippen molar-refractivity contribution in [2.75, 3.05) is 33.9 Å². The number of ether oxygens (including phenoxy) is 1. The second kappa shape index (κ2) is 9.48. The second-order valence-corrected chi connectivity index (χ2v) is 6.50. The summed E-state index contributed by atoms with van der Waals surface area (Å²) in [6, 6.07) is 7.91. The van der Waals surface area contributed by atoms with Crippen LogP contribution in [0.5, 0.6) is 0 Å². The van der Waals surface area contributed by atoms with Crippen LogP contribution in [0.25, 0.3) is 0 Å². The highest BCUT2D eigenvalue weighted by molar-refractivity contribution is 6.30. The molecule has 4 nitrogen and oxygen atoms in total. The van der Waals surface area contributed by atoms with Crippen molar-refractivity contribution in [2.24, 2.45) is 11.3 Å². The Bertz CT molecular complexity index is 488. The number of carbonyl (C=O) groups is 1. The molecule has 1 saturated heterocycles. The van der Waals surface area contributed by atoms with E-state index in [4.69, 9.17) is 16.3 Å². The number of rotatable bonds is 6. The number of hydrogen-bond donors (Lipinski definition) is 2. The van der Waals surface area contributed by atoms with E-state index < -0.39 is 0 Å². The molecule has 0 saturated carbocycles. The van der Waals surface area contributed by atoms with Crippen LogP contribution in [0.15, 0.2) is 24.3 Å². The summed E-state index contributed by atoms with van der Waals surface area (Å²) in [5.41, 5.74) is 1.08. The van der Waals surface area contributed by atoms with Crippen LogP contribution in [0.2, 0.25) is 5.02 Å². The first-order chi connectivity index (χ1) is 10.6. The zero-order chi connectivity index (χ0) is 16.0. The van der Waals surface area contributed by atoms with Crippen LogP contribution < -0.4 is 10.6 Å². The van der Waals surface area contributed by atoms with Crippen molar-refractivity contribution in [2.45, 2.75) is 19.3 Å². The van der Waals surface area contributed by atoms with Gasteiger partial charge in [0.25, 0.3) is 0 Å². The molecule has 1 aromatic rings. The van der Waals surface area contributed by atoms with Gasteiger partial charge in [-0.05, 0) is 43.5 Å². The predicted octanol–water partition coefficient (Wildman–Crippen LogP) is 2.68. The smallest absolute Gasteiger partial charge is 0.225 e. The summed E-state index contributed by atoms with van der Waals surface area (Å²) >= 11 is 5.98. The average Bonchev–Trinajstić information content (AvgIpc) is 2.55. The maximum absolute atomic E-state index is 12.4. The van der Waals surface area contributed by atoms with Crippen LogP contribution in [0, 0.1) is 11.3 Å². The lowest BCUT2D eigenvalue weighted by Gasteiger charge is -2.43. The first kappa shape index (κ1) is 20.2. The SMILES string of the molecule is CNC(=O)C(COC)[C@]1(Cc2ccc(Cl)cc2)CCCNC1.Cl. The molecule has 0 spiro atoms. The molecule has 0 bridgehead atoms. The van der Waals surface area contributed by atoms with E-state index in [1.807, 2.05) is 24.3 Å². The molecule has 0 aliphatic carbocycles. The Hall–Kier alpha value is -0.810. The molecule has 1 aromatic carbocycles. The molecule has 2 atom stereocenters. The van der Waals surface area contributed by atoms with Crippen molar-refractivity contribution in [3.8, 4) is 0 Å². The highest BCUT2D eigenvalue weighted by atomic mass is 35.5. The van der Waals surface area contributed by atoms with Crippen LogP contribution in [0.1, 0.15) is 18.4 Å². The van der Waals surface area contributed by atoms with E-state index in [9.17, 15) is 4.79 Å². The molecule has 1 amide bonds. The van der Waals surface area contributed by atoms with Crippen LogP contribution in [-0.4, -0.2) is 39.8 Å². The van der Waals surface area contributed by atoms with Gasteiger partial charge >= 0.3 is 0 Å². The zero-order valence-corrected chi connectivity index (χ0v) is 15.3. The van der Waals surface area contributed by atoms with Gasteiger partial charge in [-0.3, -0.25) is 4.79 Å². The van der Waals surface area contributed by atoms with E-state index in [-0.39, 0.29) is 29.6 Å². The van der Waals surface area contributed by atoms with E-state index in [1.54, 1.807) is 14.2 Å². The second-order valence-electron chi connectivity index (χ2n) is 6.07. The molecule has 1 aliphatic rings. The van der Waals surface area contributed by atoms with Gasteiger partial charge in [-0.15, -0.1) is 12.4 Å². The molecule has 2 N–H and O–H groups in total. The summed E-state index contributed by atoms with van der Waals surface area (Å²) in [5, 5.41) is 7.00. The van der Waals surface area contributed by atoms with Gasteiger partial charge in [-0.25, -0.2) is 0 Å². The zero-order valence-electron chi connectivity index (χ0n) is 13.7. The summed E-state index contributed by atoms with van der Waals surface area (Å²) in [6.07, 6.45) is 2.94. The molecule has 0 radical (unpaired) electrons. The molecule has 6 heteroatoms. The van der Waals surface area contributed by atoms with E-state index in [0.717, 1.165) is 37.4 Å². The van der Waals surface area contributed by atoms with Gasteiger partial charge in [0.2, 0.25) is 5.91 Å². The number of methoxy groups -OCH3 is 1. The molecule has 0 aromatic heterocycles. The van der Waals surface area contributed by atoms with Gasteiger partial charge in [0.1, 0.15) is 0 Å². The van der Waals surface area contributed by atoms with Crippen LogP contribution in [-0.2, 0) is 16.0 Å². The van der Waals surface area contributed by atoms with Crippen LogP contribution in [0.3, 0.4) is 0 Å². The lowest BCUT2D eigenvalue weighted by Crippen LogP contribution is -2.52. The first-order valence-corrected chi connectivity index (χ1v) is 8.15. The van der Waals surface area contributed by atoms with E-state index in [1.165, 1.54) is 5.56 Å². The van der Waals surface area contributed by atoms with Gasteiger partial charge in [0, 0.05) is 31.1 Å². The maximum atomic E-state index is 12.4. The lowest BCUT2D eigenvalue weighted by atomic mass is 9.66. The largest absolute Gasteiger partial charge is 0.384 e. The Labute approximate surface area is 149 Å². The third-order valence-electron chi connectivity index (χ3n) is 4.61. The van der Waals surface area contributed by atoms with Crippen molar-refractivity contribution < 1.29 is 9.53 Å². The Morgan fingerprint density at radius 3 is 2.65 bits per heavy atom. The molecular formula is C17H26Cl2N2O2.